The van der Waals surface area contributed by atoms with Crippen LogP contribution in [0.25, 0.3) is 0 Å². The lowest BCUT2D eigenvalue weighted by Crippen LogP contribution is -2.44. The van der Waals surface area contributed by atoms with Gasteiger partial charge in [0.15, 0.2) is 0 Å². The van der Waals surface area contributed by atoms with Crippen molar-refractivity contribution in [3.63, 3.8) is 0 Å². The maximum atomic E-state index is 12.9. The van der Waals surface area contributed by atoms with Crippen molar-refractivity contribution >= 4 is 17.5 Å². The highest BCUT2D eigenvalue weighted by Gasteiger charge is 2.38. The first-order chi connectivity index (χ1) is 12.1. The number of para-hydroxylation sites is 1. The number of anilines is 1. The third-order valence-electron chi connectivity index (χ3n) is 4.70. The maximum Gasteiger partial charge on any atom is 0.229 e. The summed E-state index contributed by atoms with van der Waals surface area (Å²) in [5.74, 6) is 0.450. The molecule has 0 radical (unpaired) electrons. The highest BCUT2D eigenvalue weighted by atomic mass is 16.5. The van der Waals surface area contributed by atoms with E-state index in [1.54, 1.807) is 19.1 Å². The molecule has 1 aliphatic heterocycles. The summed E-state index contributed by atoms with van der Waals surface area (Å²) in [5, 5.41) is 2.97. The molecule has 1 heterocycles. The third-order valence-corrected chi connectivity index (χ3v) is 4.70. The van der Waals surface area contributed by atoms with E-state index in [-0.39, 0.29) is 23.8 Å². The van der Waals surface area contributed by atoms with E-state index in [1.807, 2.05) is 54.6 Å². The van der Waals surface area contributed by atoms with Crippen LogP contribution >= 0.6 is 0 Å². The van der Waals surface area contributed by atoms with Gasteiger partial charge in [0.1, 0.15) is 5.75 Å². The first kappa shape index (κ1) is 17.0. The van der Waals surface area contributed by atoms with Crippen LogP contribution in [-0.2, 0) is 9.59 Å². The highest BCUT2D eigenvalue weighted by molar-refractivity contribution is 5.94. The Morgan fingerprint density at radius 3 is 2.44 bits per heavy atom. The Kier molecular flexibility index (Phi) is 5.03. The van der Waals surface area contributed by atoms with Gasteiger partial charge in [-0.25, -0.2) is 0 Å². The molecule has 2 aromatic carbocycles. The van der Waals surface area contributed by atoms with Crippen LogP contribution in [-0.4, -0.2) is 30.9 Å². The van der Waals surface area contributed by atoms with Crippen molar-refractivity contribution in [2.75, 3.05) is 19.5 Å². The number of ether oxygens (including phenoxy) is 1. The van der Waals surface area contributed by atoms with Crippen LogP contribution in [0.2, 0.25) is 0 Å². The molecule has 1 N–H and O–H groups in total. The lowest BCUT2D eigenvalue weighted by atomic mass is 9.84. The second kappa shape index (κ2) is 7.38. The zero-order valence-electron chi connectivity index (χ0n) is 14.4. The van der Waals surface area contributed by atoms with E-state index in [9.17, 15) is 9.59 Å². The minimum Gasteiger partial charge on any atom is -0.497 e. The number of rotatable bonds is 4. The van der Waals surface area contributed by atoms with Crippen molar-refractivity contribution < 1.29 is 14.3 Å². The average Bonchev–Trinajstić information content (AvgIpc) is 2.64. The van der Waals surface area contributed by atoms with Crippen LogP contribution in [0.4, 0.5) is 5.69 Å². The first-order valence-electron chi connectivity index (χ1n) is 8.35. The molecule has 0 bridgehead atoms. The monoisotopic (exact) mass is 338 g/mol. The number of likely N-dealkylation sites (tertiary alicyclic amines) is 1. The molecule has 2 atom stereocenters. The largest absolute Gasteiger partial charge is 0.497 e. The Bertz CT molecular complexity index is 743. The number of hydrogen-bond donors (Lipinski definition) is 1. The third kappa shape index (κ3) is 3.65. The Balaban J connectivity index is 1.86. The van der Waals surface area contributed by atoms with Crippen molar-refractivity contribution in [1.29, 1.82) is 0 Å². The minimum atomic E-state index is -0.295. The summed E-state index contributed by atoms with van der Waals surface area (Å²) in [6.45, 7) is 0. The Hall–Kier alpha value is -2.82. The standard InChI is InChI=1S/C20H22N2O3/c1-22-18(23)13-12-17(20(24)21-15-6-4-3-5-7-15)19(22)14-8-10-16(25-2)11-9-14/h3-11,17,19H,12-13H2,1-2H3,(H,21,24)/t17-,19+/m0/s1. The number of carbonyl (C=O) groups is 2. The fourth-order valence-corrected chi connectivity index (χ4v) is 3.33. The second-order valence-corrected chi connectivity index (χ2v) is 6.22. The topological polar surface area (TPSA) is 58.6 Å². The van der Waals surface area contributed by atoms with Gasteiger partial charge in [-0.3, -0.25) is 9.59 Å². The lowest BCUT2D eigenvalue weighted by Gasteiger charge is -2.38. The van der Waals surface area contributed by atoms with Gasteiger partial charge in [0.05, 0.1) is 19.1 Å². The molecule has 1 aliphatic rings. The minimum absolute atomic E-state index is 0.0598. The van der Waals surface area contributed by atoms with E-state index in [2.05, 4.69) is 5.32 Å². The van der Waals surface area contributed by atoms with Gasteiger partial charge in [0.25, 0.3) is 0 Å². The van der Waals surface area contributed by atoms with Gasteiger partial charge < -0.3 is 15.0 Å². The molecular weight excluding hydrogens is 316 g/mol. The Morgan fingerprint density at radius 1 is 1.12 bits per heavy atom. The fourth-order valence-electron chi connectivity index (χ4n) is 3.33. The Labute approximate surface area is 147 Å². The molecule has 130 valence electrons. The molecule has 0 aromatic heterocycles. The molecule has 5 heteroatoms. The van der Waals surface area contributed by atoms with Crippen molar-refractivity contribution in [2.24, 2.45) is 5.92 Å². The van der Waals surface area contributed by atoms with Crippen LogP contribution in [0.5, 0.6) is 5.75 Å². The number of hydrogen-bond acceptors (Lipinski definition) is 3. The van der Waals surface area contributed by atoms with Gasteiger partial charge in [-0.2, -0.15) is 0 Å². The van der Waals surface area contributed by atoms with Gasteiger partial charge in [-0.1, -0.05) is 30.3 Å². The molecular formula is C20H22N2O3. The lowest BCUT2D eigenvalue weighted by molar-refractivity contribution is -0.140. The summed E-state index contributed by atoms with van der Waals surface area (Å²) in [6.07, 6.45) is 0.925. The summed E-state index contributed by atoms with van der Waals surface area (Å²) < 4.78 is 5.20. The Morgan fingerprint density at radius 2 is 1.80 bits per heavy atom. The molecule has 2 amide bonds. The van der Waals surface area contributed by atoms with Crippen molar-refractivity contribution in [3.05, 3.63) is 60.2 Å². The van der Waals surface area contributed by atoms with E-state index in [4.69, 9.17) is 4.74 Å². The normalized spacial score (nSPS) is 20.2. The predicted octanol–water partition coefficient (Wildman–Crippen LogP) is 3.24. The van der Waals surface area contributed by atoms with Gasteiger partial charge in [0.2, 0.25) is 11.8 Å². The van der Waals surface area contributed by atoms with Gasteiger partial charge in [0, 0.05) is 19.2 Å². The molecule has 0 saturated carbocycles. The molecule has 0 spiro atoms. The molecule has 2 aromatic rings. The van der Waals surface area contributed by atoms with E-state index < -0.39 is 0 Å². The fraction of sp³-hybridized carbons (Fsp3) is 0.300. The number of carbonyl (C=O) groups excluding carboxylic acids is 2. The van der Waals surface area contributed by atoms with Crippen LogP contribution in [0.1, 0.15) is 24.4 Å². The maximum absolute atomic E-state index is 12.9. The van der Waals surface area contributed by atoms with Crippen molar-refractivity contribution in [2.45, 2.75) is 18.9 Å². The molecule has 25 heavy (non-hydrogen) atoms. The number of nitrogens with one attached hydrogen (secondary N) is 1. The first-order valence-corrected chi connectivity index (χ1v) is 8.35. The number of benzene rings is 2. The number of amides is 2. The van der Waals surface area contributed by atoms with E-state index in [0.29, 0.717) is 12.8 Å². The van der Waals surface area contributed by atoms with Gasteiger partial charge in [-0.15, -0.1) is 0 Å². The molecule has 0 unspecified atom stereocenters. The molecule has 0 aliphatic carbocycles. The zero-order valence-corrected chi connectivity index (χ0v) is 14.4. The zero-order chi connectivity index (χ0) is 17.8. The summed E-state index contributed by atoms with van der Waals surface area (Å²) in [4.78, 5) is 26.7. The van der Waals surface area contributed by atoms with Crippen molar-refractivity contribution in [3.8, 4) is 5.75 Å². The second-order valence-electron chi connectivity index (χ2n) is 6.22. The van der Waals surface area contributed by atoms with Crippen LogP contribution in [0, 0.1) is 5.92 Å². The smallest absolute Gasteiger partial charge is 0.229 e. The van der Waals surface area contributed by atoms with E-state index in [1.165, 1.54) is 0 Å². The molecule has 1 fully saturated rings. The van der Waals surface area contributed by atoms with Gasteiger partial charge in [-0.05, 0) is 36.2 Å². The van der Waals surface area contributed by atoms with E-state index in [0.717, 1.165) is 17.0 Å². The molecule has 3 rings (SSSR count). The SMILES string of the molecule is COc1ccc([C@@H]2[C@@H](C(=O)Nc3ccccc3)CCC(=O)N2C)cc1. The number of nitrogens with zero attached hydrogens (tertiary/aromatic N) is 1. The van der Waals surface area contributed by atoms with Crippen LogP contribution in [0.3, 0.4) is 0 Å². The number of piperidine rings is 1. The highest BCUT2D eigenvalue weighted by Crippen LogP contribution is 2.37. The summed E-state index contributed by atoms with van der Waals surface area (Å²) in [6, 6.07) is 16.7. The summed E-state index contributed by atoms with van der Waals surface area (Å²) >= 11 is 0. The quantitative estimate of drug-likeness (QED) is 0.931. The van der Waals surface area contributed by atoms with E-state index >= 15 is 0 Å². The molecule has 5 nitrogen and oxygen atoms in total. The van der Waals surface area contributed by atoms with Crippen LogP contribution < -0.4 is 10.1 Å². The average molecular weight is 338 g/mol. The van der Waals surface area contributed by atoms with Crippen LogP contribution in [0.15, 0.2) is 54.6 Å². The number of methoxy groups -OCH3 is 1. The summed E-state index contributed by atoms with van der Waals surface area (Å²) in [7, 11) is 3.38. The summed E-state index contributed by atoms with van der Waals surface area (Å²) in [5.41, 5.74) is 1.70. The predicted molar refractivity (Wildman–Crippen MR) is 96.3 cm³/mol. The van der Waals surface area contributed by atoms with Crippen molar-refractivity contribution in [1.82, 2.24) is 4.90 Å². The van der Waals surface area contributed by atoms with Gasteiger partial charge >= 0.3 is 0 Å². The molecule has 1 saturated heterocycles.